The van der Waals surface area contributed by atoms with E-state index >= 15 is 0 Å². The van der Waals surface area contributed by atoms with E-state index in [4.69, 9.17) is 16.3 Å². The number of esters is 1. The van der Waals surface area contributed by atoms with Gasteiger partial charge >= 0.3 is 5.97 Å². The van der Waals surface area contributed by atoms with Gasteiger partial charge in [0.15, 0.2) is 0 Å². The SMILES string of the molecule is CCOC(=O)CC(C)C1CC(C)(C)CC1Cl. The summed E-state index contributed by atoms with van der Waals surface area (Å²) in [6, 6.07) is 0. The van der Waals surface area contributed by atoms with E-state index < -0.39 is 0 Å². The molecule has 0 aromatic rings. The summed E-state index contributed by atoms with van der Waals surface area (Å²) in [5.74, 6) is 0.674. The van der Waals surface area contributed by atoms with Gasteiger partial charge < -0.3 is 4.74 Å². The second-order valence-electron chi connectivity index (χ2n) is 5.74. The minimum Gasteiger partial charge on any atom is -0.466 e. The molecule has 3 unspecified atom stereocenters. The molecule has 0 aliphatic heterocycles. The molecule has 0 saturated heterocycles. The predicted molar refractivity (Wildman–Crippen MR) is 66.6 cm³/mol. The van der Waals surface area contributed by atoms with Crippen LogP contribution in [-0.4, -0.2) is 18.0 Å². The van der Waals surface area contributed by atoms with E-state index in [2.05, 4.69) is 20.8 Å². The Kier molecular flexibility index (Phi) is 4.66. The Morgan fingerprint density at radius 1 is 1.50 bits per heavy atom. The van der Waals surface area contributed by atoms with Gasteiger partial charge in [-0.05, 0) is 37.0 Å². The second-order valence-corrected chi connectivity index (χ2v) is 6.30. The van der Waals surface area contributed by atoms with Gasteiger partial charge in [0.1, 0.15) is 0 Å². The van der Waals surface area contributed by atoms with Gasteiger partial charge in [-0.3, -0.25) is 4.79 Å². The molecule has 0 heterocycles. The summed E-state index contributed by atoms with van der Waals surface area (Å²) in [6.07, 6.45) is 2.66. The summed E-state index contributed by atoms with van der Waals surface area (Å²) >= 11 is 6.37. The normalized spacial score (nSPS) is 30.1. The van der Waals surface area contributed by atoms with Crippen molar-refractivity contribution in [2.75, 3.05) is 6.61 Å². The van der Waals surface area contributed by atoms with Crippen molar-refractivity contribution in [3.05, 3.63) is 0 Å². The summed E-state index contributed by atoms with van der Waals surface area (Å²) in [5.41, 5.74) is 0.319. The van der Waals surface area contributed by atoms with Gasteiger partial charge in [-0.25, -0.2) is 0 Å². The molecule has 3 atom stereocenters. The average Bonchev–Trinajstić information content (AvgIpc) is 2.40. The Morgan fingerprint density at radius 3 is 2.56 bits per heavy atom. The Morgan fingerprint density at radius 2 is 2.12 bits per heavy atom. The van der Waals surface area contributed by atoms with Gasteiger partial charge in [0.25, 0.3) is 0 Å². The van der Waals surface area contributed by atoms with Crippen LogP contribution in [0.2, 0.25) is 0 Å². The summed E-state index contributed by atoms with van der Waals surface area (Å²) in [5, 5.41) is 0.208. The monoisotopic (exact) mass is 246 g/mol. The van der Waals surface area contributed by atoms with Crippen LogP contribution >= 0.6 is 11.6 Å². The fourth-order valence-corrected chi connectivity index (χ4v) is 3.48. The third kappa shape index (κ3) is 3.65. The van der Waals surface area contributed by atoms with Crippen molar-refractivity contribution in [2.24, 2.45) is 17.3 Å². The Hall–Kier alpha value is -0.240. The van der Waals surface area contributed by atoms with Crippen LogP contribution in [0.5, 0.6) is 0 Å². The number of hydrogen-bond donors (Lipinski definition) is 0. The topological polar surface area (TPSA) is 26.3 Å². The quantitative estimate of drug-likeness (QED) is 0.560. The number of alkyl halides is 1. The molecule has 1 aliphatic carbocycles. The van der Waals surface area contributed by atoms with E-state index in [1.165, 1.54) is 0 Å². The Balaban J connectivity index is 2.48. The molecule has 0 amide bonds. The van der Waals surface area contributed by atoms with Crippen LogP contribution in [0.1, 0.15) is 47.0 Å². The number of carbonyl (C=O) groups excluding carboxylic acids is 1. The lowest BCUT2D eigenvalue weighted by Gasteiger charge is -2.22. The maximum absolute atomic E-state index is 11.4. The van der Waals surface area contributed by atoms with Crippen molar-refractivity contribution >= 4 is 17.6 Å². The predicted octanol–water partition coefficient (Wildman–Crippen LogP) is 3.62. The van der Waals surface area contributed by atoms with Gasteiger partial charge in [0, 0.05) is 11.8 Å². The lowest BCUT2D eigenvalue weighted by molar-refractivity contribution is -0.144. The van der Waals surface area contributed by atoms with Crippen molar-refractivity contribution in [2.45, 2.75) is 52.3 Å². The molecule has 2 nitrogen and oxygen atoms in total. The first kappa shape index (κ1) is 13.8. The van der Waals surface area contributed by atoms with Crippen molar-refractivity contribution in [3.63, 3.8) is 0 Å². The van der Waals surface area contributed by atoms with Crippen LogP contribution in [-0.2, 0) is 9.53 Å². The first-order chi connectivity index (χ1) is 7.35. The summed E-state index contributed by atoms with van der Waals surface area (Å²) in [4.78, 5) is 11.4. The Bertz CT molecular complexity index is 250. The molecule has 94 valence electrons. The maximum Gasteiger partial charge on any atom is 0.306 e. The highest BCUT2D eigenvalue weighted by molar-refractivity contribution is 6.21. The van der Waals surface area contributed by atoms with Gasteiger partial charge in [-0.15, -0.1) is 11.6 Å². The third-order valence-corrected chi connectivity index (χ3v) is 4.00. The second kappa shape index (κ2) is 5.39. The van der Waals surface area contributed by atoms with Crippen LogP contribution in [0.4, 0.5) is 0 Å². The molecule has 1 fully saturated rings. The molecule has 0 radical (unpaired) electrons. The van der Waals surface area contributed by atoms with Gasteiger partial charge in [-0.2, -0.15) is 0 Å². The van der Waals surface area contributed by atoms with Gasteiger partial charge in [0.05, 0.1) is 6.61 Å². The van der Waals surface area contributed by atoms with Crippen LogP contribution in [0.15, 0.2) is 0 Å². The highest BCUT2D eigenvalue weighted by atomic mass is 35.5. The number of carbonyl (C=O) groups is 1. The Labute approximate surface area is 104 Å². The van der Waals surface area contributed by atoms with Gasteiger partial charge in [0.2, 0.25) is 0 Å². The van der Waals surface area contributed by atoms with E-state index in [0.29, 0.717) is 30.3 Å². The minimum atomic E-state index is -0.0939. The minimum absolute atomic E-state index is 0.0939. The number of rotatable bonds is 4. The van der Waals surface area contributed by atoms with E-state index in [1.807, 2.05) is 6.92 Å². The third-order valence-electron chi connectivity index (χ3n) is 3.53. The summed E-state index contributed by atoms with van der Waals surface area (Å²) in [6.45, 7) is 8.91. The van der Waals surface area contributed by atoms with Crippen LogP contribution in [0.3, 0.4) is 0 Å². The number of ether oxygens (including phenoxy) is 1. The number of halogens is 1. The lowest BCUT2D eigenvalue weighted by atomic mass is 9.85. The fourth-order valence-electron chi connectivity index (χ4n) is 2.72. The molecule has 1 aliphatic rings. The molecule has 0 aromatic heterocycles. The largest absolute Gasteiger partial charge is 0.466 e. The fraction of sp³-hybridized carbons (Fsp3) is 0.923. The first-order valence-corrected chi connectivity index (χ1v) is 6.59. The molecule has 16 heavy (non-hydrogen) atoms. The molecule has 0 spiro atoms. The molecule has 1 rings (SSSR count). The zero-order valence-corrected chi connectivity index (χ0v) is 11.5. The van der Waals surface area contributed by atoms with Crippen LogP contribution in [0.25, 0.3) is 0 Å². The van der Waals surface area contributed by atoms with E-state index in [-0.39, 0.29) is 11.3 Å². The van der Waals surface area contributed by atoms with Crippen molar-refractivity contribution in [1.82, 2.24) is 0 Å². The maximum atomic E-state index is 11.4. The van der Waals surface area contributed by atoms with E-state index in [9.17, 15) is 4.79 Å². The summed E-state index contributed by atoms with van der Waals surface area (Å²) < 4.78 is 4.98. The molecular formula is C13H23ClO2. The highest BCUT2D eigenvalue weighted by Crippen LogP contribution is 2.47. The van der Waals surface area contributed by atoms with Crippen LogP contribution < -0.4 is 0 Å². The zero-order chi connectivity index (χ0) is 12.3. The summed E-state index contributed by atoms with van der Waals surface area (Å²) in [7, 11) is 0. The first-order valence-electron chi connectivity index (χ1n) is 6.15. The van der Waals surface area contributed by atoms with Gasteiger partial charge in [-0.1, -0.05) is 20.8 Å². The van der Waals surface area contributed by atoms with E-state index in [0.717, 1.165) is 12.8 Å². The smallest absolute Gasteiger partial charge is 0.306 e. The average molecular weight is 247 g/mol. The van der Waals surface area contributed by atoms with E-state index in [1.54, 1.807) is 0 Å². The molecule has 0 bridgehead atoms. The van der Waals surface area contributed by atoms with Crippen molar-refractivity contribution in [3.8, 4) is 0 Å². The van der Waals surface area contributed by atoms with Crippen LogP contribution in [0, 0.1) is 17.3 Å². The lowest BCUT2D eigenvalue weighted by Crippen LogP contribution is -2.21. The molecular weight excluding hydrogens is 224 g/mol. The number of hydrogen-bond acceptors (Lipinski definition) is 2. The highest BCUT2D eigenvalue weighted by Gasteiger charge is 2.41. The van der Waals surface area contributed by atoms with Crippen molar-refractivity contribution in [1.29, 1.82) is 0 Å². The standard InChI is InChI=1S/C13H23ClO2/c1-5-16-12(15)6-9(2)10-7-13(3,4)8-11(10)14/h9-11H,5-8H2,1-4H3. The zero-order valence-electron chi connectivity index (χ0n) is 10.8. The molecule has 0 aromatic carbocycles. The van der Waals surface area contributed by atoms with Crippen molar-refractivity contribution < 1.29 is 9.53 Å². The molecule has 1 saturated carbocycles. The molecule has 3 heteroatoms. The molecule has 0 N–H and O–H groups in total.